The van der Waals surface area contributed by atoms with Crippen LogP contribution < -0.4 is 5.73 Å². The second-order valence-electron chi connectivity index (χ2n) is 5.19. The minimum atomic E-state index is -3.58. The number of ether oxygens (including phenoxy) is 1. The van der Waals surface area contributed by atoms with E-state index < -0.39 is 10.0 Å². The molecule has 5 nitrogen and oxygen atoms in total. The maximum Gasteiger partial charge on any atom is 0.245 e. The van der Waals surface area contributed by atoms with E-state index in [1.807, 2.05) is 19.9 Å². The van der Waals surface area contributed by atoms with Gasteiger partial charge in [0.25, 0.3) is 0 Å². The molecule has 112 valence electrons. The van der Waals surface area contributed by atoms with Crippen molar-refractivity contribution in [1.82, 2.24) is 4.31 Å². The van der Waals surface area contributed by atoms with Gasteiger partial charge in [0.2, 0.25) is 10.0 Å². The van der Waals surface area contributed by atoms with E-state index in [9.17, 15) is 8.42 Å². The van der Waals surface area contributed by atoms with Crippen molar-refractivity contribution in [3.05, 3.63) is 23.3 Å². The number of morpholine rings is 1. The molecule has 1 heterocycles. The first-order valence-corrected chi connectivity index (χ1v) is 8.28. The van der Waals surface area contributed by atoms with E-state index in [1.54, 1.807) is 13.0 Å². The van der Waals surface area contributed by atoms with Crippen LogP contribution in [0.25, 0.3) is 0 Å². The van der Waals surface area contributed by atoms with Crippen LogP contribution in [0.2, 0.25) is 0 Å². The summed E-state index contributed by atoms with van der Waals surface area (Å²) in [5.74, 6) is 0. The van der Waals surface area contributed by atoms with E-state index in [2.05, 4.69) is 0 Å². The third-order valence-electron chi connectivity index (χ3n) is 3.82. The van der Waals surface area contributed by atoms with Crippen molar-refractivity contribution >= 4 is 15.7 Å². The maximum absolute atomic E-state index is 12.9. The lowest BCUT2D eigenvalue weighted by atomic mass is 10.1. The minimum absolute atomic E-state index is 0.118. The lowest BCUT2D eigenvalue weighted by molar-refractivity contribution is 0.0314. The first kappa shape index (κ1) is 15.3. The zero-order valence-corrected chi connectivity index (χ0v) is 13.0. The van der Waals surface area contributed by atoms with E-state index >= 15 is 0 Å². The van der Waals surface area contributed by atoms with Crippen LogP contribution in [0.4, 0.5) is 5.69 Å². The Labute approximate surface area is 120 Å². The Morgan fingerprint density at radius 3 is 2.65 bits per heavy atom. The first-order chi connectivity index (χ1) is 9.39. The third kappa shape index (κ3) is 2.55. The molecule has 1 aliphatic rings. The molecule has 0 bridgehead atoms. The summed E-state index contributed by atoms with van der Waals surface area (Å²) in [6.07, 6.45) is 0.726. The fourth-order valence-corrected chi connectivity index (χ4v) is 4.61. The van der Waals surface area contributed by atoms with Crippen molar-refractivity contribution in [3.8, 4) is 0 Å². The van der Waals surface area contributed by atoms with Gasteiger partial charge in [-0.05, 0) is 31.4 Å². The van der Waals surface area contributed by atoms with Crippen LogP contribution in [0.1, 0.15) is 24.5 Å². The molecule has 0 aliphatic carbocycles. The number of nitrogens with zero attached hydrogens (tertiary/aromatic N) is 1. The van der Waals surface area contributed by atoms with E-state index in [0.29, 0.717) is 31.0 Å². The molecule has 6 heteroatoms. The molecule has 1 atom stereocenters. The van der Waals surface area contributed by atoms with Crippen molar-refractivity contribution in [1.29, 1.82) is 0 Å². The highest BCUT2D eigenvalue weighted by molar-refractivity contribution is 7.89. The lowest BCUT2D eigenvalue weighted by Crippen LogP contribution is -2.48. The Bertz CT molecular complexity index is 599. The van der Waals surface area contributed by atoms with Gasteiger partial charge in [0.1, 0.15) is 4.90 Å². The lowest BCUT2D eigenvalue weighted by Gasteiger charge is -2.34. The zero-order valence-electron chi connectivity index (χ0n) is 12.2. The monoisotopic (exact) mass is 298 g/mol. The van der Waals surface area contributed by atoms with Crippen molar-refractivity contribution in [2.75, 3.05) is 25.5 Å². The zero-order chi connectivity index (χ0) is 14.9. The van der Waals surface area contributed by atoms with Gasteiger partial charge in [0.05, 0.1) is 18.9 Å². The number of hydrogen-bond acceptors (Lipinski definition) is 4. The number of benzene rings is 1. The van der Waals surface area contributed by atoms with Crippen LogP contribution in [0, 0.1) is 13.8 Å². The summed E-state index contributed by atoms with van der Waals surface area (Å²) in [5, 5.41) is 0. The number of hydrogen-bond donors (Lipinski definition) is 1. The highest BCUT2D eigenvalue weighted by atomic mass is 32.2. The molecular weight excluding hydrogens is 276 g/mol. The van der Waals surface area contributed by atoms with Gasteiger partial charge in [-0.2, -0.15) is 4.31 Å². The molecule has 1 saturated heterocycles. The van der Waals surface area contributed by atoms with Crippen LogP contribution in [-0.4, -0.2) is 38.5 Å². The molecule has 0 saturated carbocycles. The van der Waals surface area contributed by atoms with Crippen LogP contribution in [0.15, 0.2) is 17.0 Å². The Balaban J connectivity index is 2.52. The number of anilines is 1. The van der Waals surface area contributed by atoms with Gasteiger partial charge in [0.15, 0.2) is 0 Å². The number of nitrogens with two attached hydrogens (primary N) is 1. The number of nitrogen functional groups attached to an aromatic ring is 1. The van der Waals surface area contributed by atoms with Crippen molar-refractivity contribution in [2.45, 2.75) is 38.1 Å². The largest absolute Gasteiger partial charge is 0.397 e. The Morgan fingerprint density at radius 2 is 2.00 bits per heavy atom. The van der Waals surface area contributed by atoms with E-state index in [1.165, 1.54) is 4.31 Å². The highest BCUT2D eigenvalue weighted by Gasteiger charge is 2.35. The van der Waals surface area contributed by atoms with Gasteiger partial charge in [0, 0.05) is 12.6 Å². The summed E-state index contributed by atoms with van der Waals surface area (Å²) in [6.45, 7) is 6.83. The van der Waals surface area contributed by atoms with Gasteiger partial charge in [-0.25, -0.2) is 8.42 Å². The van der Waals surface area contributed by atoms with Gasteiger partial charge in [-0.1, -0.05) is 19.1 Å². The fourth-order valence-electron chi connectivity index (χ4n) is 2.54. The van der Waals surface area contributed by atoms with Crippen LogP contribution in [0.3, 0.4) is 0 Å². The molecule has 1 aliphatic heterocycles. The molecule has 0 spiro atoms. The average Bonchev–Trinajstić information content (AvgIpc) is 2.43. The second kappa shape index (κ2) is 5.71. The second-order valence-corrected chi connectivity index (χ2v) is 7.02. The molecule has 1 aromatic rings. The molecule has 1 unspecified atom stereocenters. The predicted octanol–water partition coefficient (Wildman–Crippen LogP) is 1.69. The van der Waals surface area contributed by atoms with Gasteiger partial charge >= 0.3 is 0 Å². The normalized spacial score (nSPS) is 21.1. The number of rotatable bonds is 3. The SMILES string of the molecule is CCC1COCCN1S(=O)(=O)c1c(C)ccc(C)c1N. The van der Waals surface area contributed by atoms with Crippen molar-refractivity contribution in [3.63, 3.8) is 0 Å². The summed E-state index contributed by atoms with van der Waals surface area (Å²) in [5.41, 5.74) is 7.86. The van der Waals surface area contributed by atoms with Crippen LogP contribution in [0.5, 0.6) is 0 Å². The van der Waals surface area contributed by atoms with Gasteiger partial charge < -0.3 is 10.5 Å². The third-order valence-corrected chi connectivity index (χ3v) is 5.98. The highest BCUT2D eigenvalue weighted by Crippen LogP contribution is 2.31. The summed E-state index contributed by atoms with van der Waals surface area (Å²) in [7, 11) is -3.58. The van der Waals surface area contributed by atoms with Crippen LogP contribution >= 0.6 is 0 Å². The topological polar surface area (TPSA) is 72.6 Å². The van der Waals surface area contributed by atoms with Crippen molar-refractivity contribution in [2.24, 2.45) is 0 Å². The summed E-state index contributed by atoms with van der Waals surface area (Å²) < 4.78 is 32.8. The van der Waals surface area contributed by atoms with E-state index in [-0.39, 0.29) is 10.9 Å². The summed E-state index contributed by atoms with van der Waals surface area (Å²) in [4.78, 5) is 0.248. The predicted molar refractivity (Wildman–Crippen MR) is 79.1 cm³/mol. The quantitative estimate of drug-likeness (QED) is 0.862. The van der Waals surface area contributed by atoms with Gasteiger partial charge in [-0.3, -0.25) is 0 Å². The molecular formula is C14H22N2O3S. The smallest absolute Gasteiger partial charge is 0.245 e. The Morgan fingerprint density at radius 1 is 1.35 bits per heavy atom. The maximum atomic E-state index is 12.9. The number of sulfonamides is 1. The molecule has 0 amide bonds. The summed E-state index contributed by atoms with van der Waals surface area (Å²) in [6, 6.07) is 3.54. The fraction of sp³-hybridized carbons (Fsp3) is 0.571. The Kier molecular flexibility index (Phi) is 4.36. The molecule has 1 aromatic carbocycles. The molecule has 2 rings (SSSR count). The molecule has 0 aromatic heterocycles. The van der Waals surface area contributed by atoms with Gasteiger partial charge in [-0.15, -0.1) is 0 Å². The van der Waals surface area contributed by atoms with E-state index in [4.69, 9.17) is 10.5 Å². The van der Waals surface area contributed by atoms with E-state index in [0.717, 1.165) is 12.0 Å². The van der Waals surface area contributed by atoms with Crippen molar-refractivity contribution < 1.29 is 13.2 Å². The molecule has 0 radical (unpaired) electrons. The van der Waals surface area contributed by atoms with Crippen LogP contribution in [-0.2, 0) is 14.8 Å². The molecule has 20 heavy (non-hydrogen) atoms. The average molecular weight is 298 g/mol. The number of aryl methyl sites for hydroxylation is 2. The standard InChI is InChI=1S/C14H22N2O3S/c1-4-12-9-19-8-7-16(12)20(17,18)14-11(3)6-5-10(2)13(14)15/h5-6,12H,4,7-9,15H2,1-3H3. The molecule has 2 N–H and O–H groups in total. The minimum Gasteiger partial charge on any atom is -0.397 e. The Hall–Kier alpha value is -1.11. The first-order valence-electron chi connectivity index (χ1n) is 6.84. The summed E-state index contributed by atoms with van der Waals surface area (Å²) >= 11 is 0. The molecule has 1 fully saturated rings.